The van der Waals surface area contributed by atoms with Gasteiger partial charge in [-0.25, -0.2) is 0 Å². The van der Waals surface area contributed by atoms with Gasteiger partial charge in [-0.2, -0.15) is 0 Å². The van der Waals surface area contributed by atoms with Crippen molar-refractivity contribution in [3.8, 4) is 0 Å². The van der Waals surface area contributed by atoms with E-state index in [0.29, 0.717) is 18.9 Å². The van der Waals surface area contributed by atoms with E-state index in [4.69, 9.17) is 0 Å². The Labute approximate surface area is 91.8 Å². The lowest BCUT2D eigenvalue weighted by molar-refractivity contribution is -0.134. The molecule has 15 heavy (non-hydrogen) atoms. The normalized spacial score (nSPS) is 22.7. The zero-order chi connectivity index (χ0) is 11.3. The number of nitrogens with zero attached hydrogens (tertiary/aromatic N) is 1. The SMILES string of the molecule is CCCC1CCC(=O)N(CC(C)=O)CC1. The summed E-state index contributed by atoms with van der Waals surface area (Å²) in [6, 6.07) is 0. The molecule has 0 aliphatic carbocycles. The van der Waals surface area contributed by atoms with Gasteiger partial charge in [-0.1, -0.05) is 19.8 Å². The third-order valence-electron chi connectivity index (χ3n) is 3.04. The van der Waals surface area contributed by atoms with Crippen LogP contribution in [0.4, 0.5) is 0 Å². The van der Waals surface area contributed by atoms with Crippen LogP contribution in [-0.2, 0) is 9.59 Å². The van der Waals surface area contributed by atoms with Crippen LogP contribution in [0.25, 0.3) is 0 Å². The second-order valence-corrected chi connectivity index (χ2v) is 4.50. The van der Waals surface area contributed by atoms with Crippen molar-refractivity contribution in [2.24, 2.45) is 5.92 Å². The molecule has 0 bridgehead atoms. The number of rotatable bonds is 4. The van der Waals surface area contributed by atoms with E-state index in [0.717, 1.165) is 19.4 Å². The van der Waals surface area contributed by atoms with Gasteiger partial charge in [-0.05, 0) is 25.7 Å². The number of hydrogen-bond donors (Lipinski definition) is 0. The van der Waals surface area contributed by atoms with Crippen LogP contribution in [0.15, 0.2) is 0 Å². The van der Waals surface area contributed by atoms with Gasteiger partial charge in [0.2, 0.25) is 5.91 Å². The second-order valence-electron chi connectivity index (χ2n) is 4.50. The summed E-state index contributed by atoms with van der Waals surface area (Å²) in [5, 5.41) is 0. The van der Waals surface area contributed by atoms with Gasteiger partial charge in [-0.15, -0.1) is 0 Å². The van der Waals surface area contributed by atoms with Crippen molar-refractivity contribution in [1.82, 2.24) is 4.90 Å². The van der Waals surface area contributed by atoms with Crippen LogP contribution in [0, 0.1) is 5.92 Å². The Balaban J connectivity index is 2.47. The maximum absolute atomic E-state index is 11.7. The highest BCUT2D eigenvalue weighted by Gasteiger charge is 2.22. The van der Waals surface area contributed by atoms with Gasteiger partial charge in [0.05, 0.1) is 6.54 Å². The largest absolute Gasteiger partial charge is 0.335 e. The fourth-order valence-electron chi connectivity index (χ4n) is 2.23. The summed E-state index contributed by atoms with van der Waals surface area (Å²) in [6.07, 6.45) is 5.08. The molecule has 0 radical (unpaired) electrons. The Hall–Kier alpha value is -0.860. The van der Waals surface area contributed by atoms with Crippen molar-refractivity contribution >= 4 is 11.7 Å². The first-order chi connectivity index (χ1) is 7.13. The summed E-state index contributed by atoms with van der Waals surface area (Å²) in [4.78, 5) is 24.4. The summed E-state index contributed by atoms with van der Waals surface area (Å²) in [5.41, 5.74) is 0. The average molecular weight is 211 g/mol. The molecule has 0 spiro atoms. The molecule has 1 amide bonds. The second kappa shape index (κ2) is 5.89. The lowest BCUT2D eigenvalue weighted by Gasteiger charge is -2.19. The number of ketones is 1. The predicted octanol–water partition coefficient (Wildman–Crippen LogP) is 2.00. The highest BCUT2D eigenvalue weighted by Crippen LogP contribution is 2.22. The number of Topliss-reactive ketones (excluding diaryl/α,β-unsaturated/α-hetero) is 1. The van der Waals surface area contributed by atoms with E-state index in [1.807, 2.05) is 0 Å². The number of carbonyl (C=O) groups excluding carboxylic acids is 2. The van der Waals surface area contributed by atoms with Crippen LogP contribution in [0.3, 0.4) is 0 Å². The Kier molecular flexibility index (Phi) is 4.79. The molecule has 0 aromatic rings. The molecule has 0 aromatic heterocycles. The molecular formula is C12H21NO2. The van der Waals surface area contributed by atoms with Crippen LogP contribution in [0.2, 0.25) is 0 Å². The van der Waals surface area contributed by atoms with Crippen LogP contribution < -0.4 is 0 Å². The minimum Gasteiger partial charge on any atom is -0.335 e. The smallest absolute Gasteiger partial charge is 0.222 e. The van der Waals surface area contributed by atoms with Crippen molar-refractivity contribution in [3.63, 3.8) is 0 Å². The van der Waals surface area contributed by atoms with Gasteiger partial charge >= 0.3 is 0 Å². The molecule has 1 aliphatic rings. The van der Waals surface area contributed by atoms with Gasteiger partial charge in [0.25, 0.3) is 0 Å². The van der Waals surface area contributed by atoms with Crippen molar-refractivity contribution in [1.29, 1.82) is 0 Å². The third-order valence-corrected chi connectivity index (χ3v) is 3.04. The Morgan fingerprint density at radius 3 is 2.80 bits per heavy atom. The molecule has 1 fully saturated rings. The molecule has 1 saturated heterocycles. The fourth-order valence-corrected chi connectivity index (χ4v) is 2.23. The van der Waals surface area contributed by atoms with Crippen LogP contribution in [0.5, 0.6) is 0 Å². The molecule has 1 unspecified atom stereocenters. The topological polar surface area (TPSA) is 37.4 Å². The first-order valence-electron chi connectivity index (χ1n) is 5.90. The minimum absolute atomic E-state index is 0.0808. The number of hydrogen-bond acceptors (Lipinski definition) is 2. The van der Waals surface area contributed by atoms with Crippen molar-refractivity contribution in [2.75, 3.05) is 13.1 Å². The molecule has 3 heteroatoms. The molecular weight excluding hydrogens is 190 g/mol. The quantitative estimate of drug-likeness (QED) is 0.713. The molecule has 86 valence electrons. The fraction of sp³-hybridized carbons (Fsp3) is 0.833. The van der Waals surface area contributed by atoms with Gasteiger partial charge in [0.15, 0.2) is 0 Å². The van der Waals surface area contributed by atoms with Gasteiger partial charge in [-0.3, -0.25) is 9.59 Å². The minimum atomic E-state index is 0.0808. The average Bonchev–Trinajstić information content (AvgIpc) is 2.32. The van der Waals surface area contributed by atoms with E-state index < -0.39 is 0 Å². The Morgan fingerprint density at radius 1 is 1.47 bits per heavy atom. The Bertz CT molecular complexity index is 238. The molecule has 1 rings (SSSR count). The van der Waals surface area contributed by atoms with Gasteiger partial charge in [0, 0.05) is 13.0 Å². The predicted molar refractivity (Wildman–Crippen MR) is 59.5 cm³/mol. The van der Waals surface area contributed by atoms with Crippen LogP contribution in [-0.4, -0.2) is 29.7 Å². The monoisotopic (exact) mass is 211 g/mol. The van der Waals surface area contributed by atoms with Crippen LogP contribution >= 0.6 is 0 Å². The summed E-state index contributed by atoms with van der Waals surface area (Å²) < 4.78 is 0. The zero-order valence-electron chi connectivity index (χ0n) is 9.79. The zero-order valence-corrected chi connectivity index (χ0v) is 9.79. The number of amides is 1. The molecule has 0 N–H and O–H groups in total. The Morgan fingerprint density at radius 2 is 2.20 bits per heavy atom. The summed E-state index contributed by atoms with van der Waals surface area (Å²) in [6.45, 7) is 4.79. The summed E-state index contributed by atoms with van der Waals surface area (Å²) in [5.74, 6) is 0.914. The maximum atomic E-state index is 11.7. The molecule has 0 aromatic carbocycles. The van der Waals surface area contributed by atoms with Crippen molar-refractivity contribution in [3.05, 3.63) is 0 Å². The van der Waals surface area contributed by atoms with Crippen molar-refractivity contribution in [2.45, 2.75) is 46.0 Å². The van der Waals surface area contributed by atoms with E-state index >= 15 is 0 Å². The highest BCUT2D eigenvalue weighted by atomic mass is 16.2. The van der Waals surface area contributed by atoms with Gasteiger partial charge < -0.3 is 4.90 Å². The molecule has 1 atom stereocenters. The lowest BCUT2D eigenvalue weighted by atomic mass is 9.96. The van der Waals surface area contributed by atoms with E-state index in [1.54, 1.807) is 11.8 Å². The lowest BCUT2D eigenvalue weighted by Crippen LogP contribution is -2.34. The maximum Gasteiger partial charge on any atom is 0.222 e. The summed E-state index contributed by atoms with van der Waals surface area (Å²) in [7, 11) is 0. The molecule has 1 heterocycles. The summed E-state index contributed by atoms with van der Waals surface area (Å²) >= 11 is 0. The molecule has 0 saturated carbocycles. The number of likely N-dealkylation sites (tertiary alicyclic amines) is 1. The third kappa shape index (κ3) is 4.02. The van der Waals surface area contributed by atoms with E-state index in [9.17, 15) is 9.59 Å². The van der Waals surface area contributed by atoms with E-state index in [-0.39, 0.29) is 11.7 Å². The van der Waals surface area contributed by atoms with E-state index in [2.05, 4.69) is 6.92 Å². The molecule has 3 nitrogen and oxygen atoms in total. The van der Waals surface area contributed by atoms with Gasteiger partial charge in [0.1, 0.15) is 5.78 Å². The molecule has 1 aliphatic heterocycles. The first kappa shape index (κ1) is 12.2. The first-order valence-corrected chi connectivity index (χ1v) is 5.90. The van der Waals surface area contributed by atoms with E-state index in [1.165, 1.54) is 12.8 Å². The number of carbonyl (C=O) groups is 2. The van der Waals surface area contributed by atoms with Crippen molar-refractivity contribution < 1.29 is 9.59 Å². The highest BCUT2D eigenvalue weighted by molar-refractivity contribution is 5.84. The van der Waals surface area contributed by atoms with Crippen LogP contribution in [0.1, 0.15) is 46.0 Å². The standard InChI is InChI=1S/C12H21NO2/c1-3-4-11-5-6-12(15)13(8-7-11)9-10(2)14/h11H,3-9H2,1-2H3.